The third-order valence-electron chi connectivity index (χ3n) is 2.06. The SMILES string of the molecule is C=CC(OC(C=C)C(F)(F)C(F)Cl)C(F)(F)C(F)Cl. The molecule has 1 nitrogen and oxygen atoms in total. The van der Waals surface area contributed by atoms with Gasteiger partial charge in [0.1, 0.15) is 12.2 Å². The van der Waals surface area contributed by atoms with Crippen molar-refractivity contribution in [2.75, 3.05) is 0 Å². The lowest BCUT2D eigenvalue weighted by Gasteiger charge is -2.31. The van der Waals surface area contributed by atoms with E-state index >= 15 is 0 Å². The van der Waals surface area contributed by atoms with Gasteiger partial charge in [-0.3, -0.25) is 0 Å². The van der Waals surface area contributed by atoms with Gasteiger partial charge in [-0.25, -0.2) is 8.78 Å². The summed E-state index contributed by atoms with van der Waals surface area (Å²) in [6.45, 7) is 5.78. The van der Waals surface area contributed by atoms with E-state index in [1.807, 2.05) is 0 Å². The van der Waals surface area contributed by atoms with Crippen molar-refractivity contribution in [2.24, 2.45) is 0 Å². The Labute approximate surface area is 115 Å². The van der Waals surface area contributed by atoms with Crippen LogP contribution < -0.4 is 0 Å². The summed E-state index contributed by atoms with van der Waals surface area (Å²) in [5.41, 5.74) is -6.40. The van der Waals surface area contributed by atoms with Gasteiger partial charge in [0, 0.05) is 0 Å². The molecule has 0 aliphatic carbocycles. The summed E-state index contributed by atoms with van der Waals surface area (Å²) in [5, 5.41) is 0. The van der Waals surface area contributed by atoms with Gasteiger partial charge in [0.15, 0.2) is 0 Å². The fourth-order valence-electron chi connectivity index (χ4n) is 1.01. The lowest BCUT2D eigenvalue weighted by Crippen LogP contribution is -2.48. The maximum absolute atomic E-state index is 13.2. The van der Waals surface area contributed by atoms with Crippen LogP contribution in [0.1, 0.15) is 0 Å². The molecule has 4 unspecified atom stereocenters. The molecular weight excluding hydrogens is 321 g/mol. The third-order valence-corrected chi connectivity index (χ3v) is 2.64. The van der Waals surface area contributed by atoms with Crippen LogP contribution in [-0.4, -0.2) is 35.3 Å². The molecule has 0 aliphatic heterocycles. The van der Waals surface area contributed by atoms with Crippen LogP contribution in [0, 0.1) is 0 Å². The van der Waals surface area contributed by atoms with Crippen LogP contribution in [0.5, 0.6) is 0 Å². The summed E-state index contributed by atoms with van der Waals surface area (Å²) in [6, 6.07) is 0. The third kappa shape index (κ3) is 4.29. The fraction of sp³-hybridized carbons (Fsp3) is 0.600. The molecule has 0 saturated heterocycles. The molecule has 0 spiro atoms. The maximum Gasteiger partial charge on any atom is 0.321 e. The highest BCUT2D eigenvalue weighted by atomic mass is 35.5. The molecule has 0 aliphatic rings. The summed E-state index contributed by atoms with van der Waals surface area (Å²) in [4.78, 5) is 0. The molecule has 19 heavy (non-hydrogen) atoms. The zero-order valence-corrected chi connectivity index (χ0v) is 10.8. The van der Waals surface area contributed by atoms with Crippen molar-refractivity contribution in [3.63, 3.8) is 0 Å². The molecule has 0 aromatic heterocycles. The highest BCUT2D eigenvalue weighted by Crippen LogP contribution is 2.36. The first-order chi connectivity index (χ1) is 8.51. The van der Waals surface area contributed by atoms with Gasteiger partial charge >= 0.3 is 11.8 Å². The Hall–Kier alpha value is -0.400. The summed E-state index contributed by atoms with van der Waals surface area (Å²) < 4.78 is 82.0. The van der Waals surface area contributed by atoms with Crippen LogP contribution in [0.15, 0.2) is 25.3 Å². The van der Waals surface area contributed by atoms with Crippen LogP contribution in [0.3, 0.4) is 0 Å². The Morgan fingerprint density at radius 1 is 0.842 bits per heavy atom. The number of halogens is 8. The van der Waals surface area contributed by atoms with Crippen LogP contribution in [-0.2, 0) is 4.74 Å². The van der Waals surface area contributed by atoms with E-state index in [-0.39, 0.29) is 0 Å². The van der Waals surface area contributed by atoms with Crippen molar-refractivity contribution < 1.29 is 31.1 Å². The van der Waals surface area contributed by atoms with Crippen LogP contribution >= 0.6 is 23.2 Å². The molecule has 0 aromatic rings. The van der Waals surface area contributed by atoms with Crippen molar-refractivity contribution in [2.45, 2.75) is 35.3 Å². The Kier molecular flexibility index (Phi) is 6.71. The Bertz CT molecular complexity index is 291. The minimum absolute atomic E-state index is 0.364. The summed E-state index contributed by atoms with van der Waals surface area (Å²) in [6.07, 6.45) is -4.29. The van der Waals surface area contributed by atoms with Crippen molar-refractivity contribution in [3.8, 4) is 0 Å². The van der Waals surface area contributed by atoms with E-state index in [4.69, 9.17) is 0 Å². The second kappa shape index (κ2) is 6.85. The zero-order valence-electron chi connectivity index (χ0n) is 9.31. The number of ether oxygens (including phenoxy) is 1. The topological polar surface area (TPSA) is 9.23 Å². The second-order valence-electron chi connectivity index (χ2n) is 3.40. The highest BCUT2D eigenvalue weighted by Gasteiger charge is 2.52. The highest BCUT2D eigenvalue weighted by molar-refractivity contribution is 6.20. The van der Waals surface area contributed by atoms with E-state index in [2.05, 4.69) is 41.1 Å². The van der Waals surface area contributed by atoms with Crippen LogP contribution in [0.25, 0.3) is 0 Å². The quantitative estimate of drug-likeness (QED) is 0.363. The molecule has 0 N–H and O–H groups in total. The fourth-order valence-corrected chi connectivity index (χ4v) is 1.26. The molecule has 0 rings (SSSR count). The molecule has 0 fully saturated rings. The van der Waals surface area contributed by atoms with E-state index in [9.17, 15) is 26.3 Å². The summed E-state index contributed by atoms with van der Waals surface area (Å²) in [5.74, 6) is -8.67. The molecule has 112 valence electrons. The van der Waals surface area contributed by atoms with Gasteiger partial charge in [0.2, 0.25) is 11.3 Å². The van der Waals surface area contributed by atoms with Gasteiger partial charge in [-0.15, -0.1) is 13.2 Å². The number of hydrogen-bond acceptors (Lipinski definition) is 1. The van der Waals surface area contributed by atoms with Gasteiger partial charge in [0.25, 0.3) is 0 Å². The van der Waals surface area contributed by atoms with E-state index in [0.717, 1.165) is 0 Å². The number of hydrogen-bond donors (Lipinski definition) is 0. The van der Waals surface area contributed by atoms with E-state index in [1.165, 1.54) is 0 Å². The van der Waals surface area contributed by atoms with Gasteiger partial charge in [-0.2, -0.15) is 17.6 Å². The normalized spacial score (nSPS) is 19.4. The van der Waals surface area contributed by atoms with E-state index in [0.29, 0.717) is 12.2 Å². The molecule has 9 heteroatoms. The Balaban J connectivity index is 5.16. The standard InChI is InChI=1S/C10H10Cl2F6O/c1-3-5(9(15,16)7(11)13)19-6(4-2)10(17,18)8(12)14/h3-8H,1-2H2. The van der Waals surface area contributed by atoms with Gasteiger partial charge < -0.3 is 4.74 Å². The first kappa shape index (κ1) is 18.6. The Morgan fingerprint density at radius 2 is 1.11 bits per heavy atom. The Morgan fingerprint density at radius 3 is 1.26 bits per heavy atom. The van der Waals surface area contributed by atoms with E-state index in [1.54, 1.807) is 0 Å². The molecule has 0 aromatic carbocycles. The van der Waals surface area contributed by atoms with Crippen LogP contribution in [0.2, 0.25) is 0 Å². The number of rotatable bonds is 8. The lowest BCUT2D eigenvalue weighted by molar-refractivity contribution is -0.201. The van der Waals surface area contributed by atoms with Crippen LogP contribution in [0.4, 0.5) is 26.3 Å². The first-order valence-electron chi connectivity index (χ1n) is 4.74. The molecule has 0 bridgehead atoms. The molecule has 0 saturated carbocycles. The zero-order chi connectivity index (χ0) is 15.4. The van der Waals surface area contributed by atoms with Gasteiger partial charge in [0.05, 0.1) is 0 Å². The predicted octanol–water partition coefficient (Wildman–Crippen LogP) is 4.45. The summed E-state index contributed by atoms with van der Waals surface area (Å²) in [7, 11) is 0. The van der Waals surface area contributed by atoms with Crippen molar-refractivity contribution in [3.05, 3.63) is 25.3 Å². The maximum atomic E-state index is 13.2. The minimum atomic E-state index is -4.33. The average molecular weight is 331 g/mol. The van der Waals surface area contributed by atoms with Gasteiger partial charge in [-0.05, 0) is 0 Å². The molecule has 0 radical (unpaired) electrons. The first-order valence-corrected chi connectivity index (χ1v) is 5.61. The number of alkyl halides is 8. The summed E-state index contributed by atoms with van der Waals surface area (Å²) >= 11 is 9.18. The molecule has 0 heterocycles. The van der Waals surface area contributed by atoms with Crippen molar-refractivity contribution >= 4 is 23.2 Å². The average Bonchev–Trinajstić information content (AvgIpc) is 2.29. The van der Waals surface area contributed by atoms with E-state index < -0.39 is 35.3 Å². The molecule has 4 atom stereocenters. The smallest absolute Gasteiger partial charge is 0.321 e. The molecular formula is C10H10Cl2F6O. The minimum Gasteiger partial charge on any atom is -0.354 e. The largest absolute Gasteiger partial charge is 0.354 e. The monoisotopic (exact) mass is 330 g/mol. The van der Waals surface area contributed by atoms with Crippen molar-refractivity contribution in [1.82, 2.24) is 0 Å². The van der Waals surface area contributed by atoms with Crippen molar-refractivity contribution in [1.29, 1.82) is 0 Å². The predicted molar refractivity (Wildman–Crippen MR) is 60.4 cm³/mol. The lowest BCUT2D eigenvalue weighted by atomic mass is 10.1. The molecule has 0 amide bonds. The second-order valence-corrected chi connectivity index (χ2v) is 4.17. The van der Waals surface area contributed by atoms with Gasteiger partial charge in [-0.1, -0.05) is 35.4 Å².